The van der Waals surface area contributed by atoms with Crippen molar-refractivity contribution in [1.29, 1.82) is 0 Å². The number of aromatic nitrogens is 1. The second kappa shape index (κ2) is 5.62. The van der Waals surface area contributed by atoms with Crippen LogP contribution < -0.4 is 10.2 Å². The Kier molecular flexibility index (Phi) is 3.67. The van der Waals surface area contributed by atoms with E-state index in [0.717, 1.165) is 51.2 Å². The van der Waals surface area contributed by atoms with Gasteiger partial charge < -0.3 is 15.0 Å². The van der Waals surface area contributed by atoms with E-state index in [1.807, 2.05) is 11.3 Å². The van der Waals surface area contributed by atoms with E-state index in [4.69, 9.17) is 9.72 Å². The summed E-state index contributed by atoms with van der Waals surface area (Å²) in [6.45, 7) is 4.85. The highest BCUT2D eigenvalue weighted by Crippen LogP contribution is 2.44. The molecule has 0 aromatic carbocycles. The Balaban J connectivity index is 1.51. The molecule has 0 unspecified atom stereocenters. The van der Waals surface area contributed by atoms with Crippen molar-refractivity contribution in [2.45, 2.75) is 50.6 Å². The lowest BCUT2D eigenvalue weighted by atomic mass is 10.2. The second-order valence-corrected chi connectivity index (χ2v) is 7.25. The molecule has 1 aromatic rings. The van der Waals surface area contributed by atoms with E-state index in [1.54, 1.807) is 0 Å². The monoisotopic (exact) mass is 293 g/mol. The van der Waals surface area contributed by atoms with Crippen LogP contribution in [0.4, 0.5) is 5.13 Å². The second-order valence-electron chi connectivity index (χ2n) is 6.19. The summed E-state index contributed by atoms with van der Waals surface area (Å²) in [6.07, 6.45) is 6.50. The molecule has 4 rings (SSSR count). The van der Waals surface area contributed by atoms with Gasteiger partial charge in [-0.2, -0.15) is 0 Å². The van der Waals surface area contributed by atoms with Crippen LogP contribution in [0.1, 0.15) is 48.6 Å². The molecule has 1 aliphatic heterocycles. The van der Waals surface area contributed by atoms with Gasteiger partial charge in [-0.15, -0.1) is 11.3 Å². The van der Waals surface area contributed by atoms with Crippen molar-refractivity contribution in [3.63, 3.8) is 0 Å². The Hall–Kier alpha value is -0.650. The van der Waals surface area contributed by atoms with Crippen molar-refractivity contribution < 1.29 is 4.74 Å². The Morgan fingerprint density at radius 3 is 2.90 bits per heavy atom. The summed E-state index contributed by atoms with van der Waals surface area (Å²) in [5, 5.41) is 4.88. The molecule has 2 heterocycles. The zero-order valence-electron chi connectivity index (χ0n) is 11.9. The summed E-state index contributed by atoms with van der Waals surface area (Å²) in [5.74, 6) is 0.749. The molecule has 3 fully saturated rings. The standard InChI is InChI=1S/C15H23N3OS/c1-6-18(7-9-19-8-1)15-17-14(11-2-3-11)13(20-15)10-16-12-4-5-12/h11-12,16H,1-10H2. The molecular weight excluding hydrogens is 270 g/mol. The summed E-state index contributed by atoms with van der Waals surface area (Å²) in [5.41, 5.74) is 1.39. The molecular formula is C15H23N3OS. The molecule has 1 N–H and O–H groups in total. The van der Waals surface area contributed by atoms with E-state index in [2.05, 4.69) is 10.2 Å². The van der Waals surface area contributed by atoms with Crippen LogP contribution >= 0.6 is 11.3 Å². The highest BCUT2D eigenvalue weighted by molar-refractivity contribution is 7.15. The lowest BCUT2D eigenvalue weighted by Gasteiger charge is -2.17. The fraction of sp³-hybridized carbons (Fsp3) is 0.800. The predicted molar refractivity (Wildman–Crippen MR) is 81.6 cm³/mol. The first-order valence-corrected chi connectivity index (χ1v) is 8.77. The number of hydrogen-bond acceptors (Lipinski definition) is 5. The van der Waals surface area contributed by atoms with Gasteiger partial charge in [0.25, 0.3) is 0 Å². The van der Waals surface area contributed by atoms with Crippen molar-refractivity contribution in [3.05, 3.63) is 10.6 Å². The van der Waals surface area contributed by atoms with E-state index in [9.17, 15) is 0 Å². The number of nitrogens with one attached hydrogen (secondary N) is 1. The van der Waals surface area contributed by atoms with Crippen molar-refractivity contribution in [2.75, 3.05) is 31.2 Å². The van der Waals surface area contributed by atoms with Gasteiger partial charge >= 0.3 is 0 Å². The Labute approximate surface area is 124 Å². The third-order valence-corrected chi connectivity index (χ3v) is 5.43. The molecule has 0 atom stereocenters. The third-order valence-electron chi connectivity index (χ3n) is 4.30. The summed E-state index contributed by atoms with van der Waals surface area (Å²) in [6, 6.07) is 0.777. The molecule has 3 aliphatic rings. The molecule has 5 heteroatoms. The number of nitrogens with zero attached hydrogens (tertiary/aromatic N) is 2. The van der Waals surface area contributed by atoms with Crippen molar-refractivity contribution >= 4 is 16.5 Å². The maximum Gasteiger partial charge on any atom is 0.185 e. The Morgan fingerprint density at radius 2 is 2.10 bits per heavy atom. The maximum atomic E-state index is 5.55. The van der Waals surface area contributed by atoms with Crippen LogP contribution in [0, 0.1) is 0 Å². The Morgan fingerprint density at radius 1 is 1.20 bits per heavy atom. The zero-order chi connectivity index (χ0) is 13.4. The molecule has 2 aliphatic carbocycles. The van der Waals surface area contributed by atoms with E-state index >= 15 is 0 Å². The fourth-order valence-electron chi connectivity index (χ4n) is 2.75. The normalized spacial score (nSPS) is 23.9. The van der Waals surface area contributed by atoms with Gasteiger partial charge in [-0.3, -0.25) is 0 Å². The minimum atomic E-state index is 0.749. The van der Waals surface area contributed by atoms with Gasteiger partial charge in [-0.1, -0.05) is 0 Å². The third kappa shape index (κ3) is 3.00. The molecule has 2 saturated carbocycles. The van der Waals surface area contributed by atoms with Crippen LogP contribution in [0.2, 0.25) is 0 Å². The van der Waals surface area contributed by atoms with Gasteiger partial charge in [0.05, 0.1) is 12.3 Å². The van der Waals surface area contributed by atoms with Crippen LogP contribution in [0.3, 0.4) is 0 Å². The van der Waals surface area contributed by atoms with E-state index < -0.39 is 0 Å². The van der Waals surface area contributed by atoms with Crippen LogP contribution in [0.5, 0.6) is 0 Å². The molecule has 4 nitrogen and oxygen atoms in total. The lowest BCUT2D eigenvalue weighted by molar-refractivity contribution is 0.152. The predicted octanol–water partition coefficient (Wildman–Crippen LogP) is 2.50. The number of ether oxygens (including phenoxy) is 1. The summed E-state index contributed by atoms with van der Waals surface area (Å²) in [4.78, 5) is 8.89. The average Bonchev–Trinajstić information content (AvgIpc) is 3.35. The van der Waals surface area contributed by atoms with E-state index in [1.165, 1.54) is 41.4 Å². The SMILES string of the molecule is C1COCCN(c2nc(C3CC3)c(CNC3CC3)s2)C1. The smallest absolute Gasteiger partial charge is 0.185 e. The van der Waals surface area contributed by atoms with Crippen LogP contribution in [0.25, 0.3) is 0 Å². The van der Waals surface area contributed by atoms with Crippen LogP contribution in [-0.2, 0) is 11.3 Å². The lowest BCUT2D eigenvalue weighted by Crippen LogP contribution is -2.25. The van der Waals surface area contributed by atoms with Gasteiger partial charge in [0.15, 0.2) is 5.13 Å². The van der Waals surface area contributed by atoms with Gasteiger partial charge in [0, 0.05) is 43.1 Å². The highest BCUT2D eigenvalue weighted by Gasteiger charge is 2.31. The summed E-state index contributed by atoms with van der Waals surface area (Å²) < 4.78 is 5.55. The molecule has 0 bridgehead atoms. The molecule has 1 aromatic heterocycles. The molecule has 20 heavy (non-hydrogen) atoms. The molecule has 1 saturated heterocycles. The van der Waals surface area contributed by atoms with Gasteiger partial charge in [-0.05, 0) is 32.1 Å². The number of thiazole rings is 1. The first-order valence-electron chi connectivity index (χ1n) is 7.96. The molecule has 0 radical (unpaired) electrons. The first kappa shape index (κ1) is 13.0. The topological polar surface area (TPSA) is 37.4 Å². The van der Waals surface area contributed by atoms with Crippen molar-refractivity contribution in [2.24, 2.45) is 0 Å². The summed E-state index contributed by atoms with van der Waals surface area (Å²) in [7, 11) is 0. The number of anilines is 1. The first-order chi connectivity index (χ1) is 9.90. The van der Waals surface area contributed by atoms with Gasteiger partial charge in [0.1, 0.15) is 0 Å². The number of hydrogen-bond donors (Lipinski definition) is 1. The maximum absolute atomic E-state index is 5.55. The fourth-order valence-corrected chi connectivity index (χ4v) is 3.90. The van der Waals surface area contributed by atoms with Gasteiger partial charge in [-0.25, -0.2) is 4.98 Å². The van der Waals surface area contributed by atoms with Crippen molar-refractivity contribution in [3.8, 4) is 0 Å². The summed E-state index contributed by atoms with van der Waals surface area (Å²) >= 11 is 1.91. The van der Waals surface area contributed by atoms with E-state index in [0.29, 0.717) is 0 Å². The minimum absolute atomic E-state index is 0.749. The van der Waals surface area contributed by atoms with Crippen molar-refractivity contribution in [1.82, 2.24) is 10.3 Å². The molecule has 0 spiro atoms. The highest BCUT2D eigenvalue weighted by atomic mass is 32.1. The largest absolute Gasteiger partial charge is 0.380 e. The van der Waals surface area contributed by atoms with Crippen LogP contribution in [-0.4, -0.2) is 37.3 Å². The zero-order valence-corrected chi connectivity index (χ0v) is 12.8. The number of rotatable bonds is 5. The van der Waals surface area contributed by atoms with Crippen LogP contribution in [0.15, 0.2) is 0 Å². The minimum Gasteiger partial charge on any atom is -0.380 e. The quantitative estimate of drug-likeness (QED) is 0.905. The molecule has 0 amide bonds. The van der Waals surface area contributed by atoms with Gasteiger partial charge in [0.2, 0.25) is 0 Å². The Bertz CT molecular complexity index is 460. The van der Waals surface area contributed by atoms with E-state index in [-0.39, 0.29) is 0 Å². The average molecular weight is 293 g/mol. The molecule has 110 valence electrons.